The zero-order valence-electron chi connectivity index (χ0n) is 11.9. The lowest BCUT2D eigenvalue weighted by atomic mass is 9.80. The van der Waals surface area contributed by atoms with Crippen LogP contribution in [-0.4, -0.2) is 41.3 Å². The Morgan fingerprint density at radius 2 is 2.14 bits per heavy atom. The van der Waals surface area contributed by atoms with Gasteiger partial charge in [-0.1, -0.05) is 11.6 Å². The van der Waals surface area contributed by atoms with Gasteiger partial charge in [0.15, 0.2) is 0 Å². The van der Waals surface area contributed by atoms with E-state index in [0.29, 0.717) is 43.3 Å². The van der Waals surface area contributed by atoms with Crippen molar-refractivity contribution in [3.63, 3.8) is 0 Å². The van der Waals surface area contributed by atoms with Gasteiger partial charge in [-0.15, -0.1) is 0 Å². The Bertz CT molecular complexity index is 535. The number of amides is 1. The zero-order valence-corrected chi connectivity index (χ0v) is 12.7. The molecule has 1 aliphatic rings. The summed E-state index contributed by atoms with van der Waals surface area (Å²) in [4.78, 5) is 23.7. The predicted molar refractivity (Wildman–Crippen MR) is 77.6 cm³/mol. The number of carbonyl (C=O) groups is 2. The zero-order chi connectivity index (χ0) is 15.5. The van der Waals surface area contributed by atoms with E-state index in [1.54, 1.807) is 16.8 Å². The van der Waals surface area contributed by atoms with Gasteiger partial charge in [0.2, 0.25) is 0 Å². The van der Waals surface area contributed by atoms with Crippen LogP contribution in [0.2, 0.25) is 5.02 Å². The number of ether oxygens (including phenoxy) is 1. The predicted octanol–water partition coefficient (Wildman–Crippen LogP) is 1.77. The number of carboxylic acids is 1. The minimum atomic E-state index is -0.943. The number of carbonyl (C=O) groups excluding carboxylic acids is 1. The first-order chi connectivity index (χ1) is 9.98. The average Bonchev–Trinajstić information content (AvgIpc) is 2.86. The van der Waals surface area contributed by atoms with Crippen molar-refractivity contribution in [2.75, 3.05) is 19.8 Å². The van der Waals surface area contributed by atoms with E-state index in [9.17, 15) is 14.7 Å². The SMILES string of the molecule is CCn1cc(Cl)cc1C(=O)NCC1(C(=O)O)CCOCC1. The highest BCUT2D eigenvalue weighted by Crippen LogP contribution is 2.30. The van der Waals surface area contributed by atoms with Gasteiger partial charge in [-0.2, -0.15) is 0 Å². The van der Waals surface area contributed by atoms with Gasteiger partial charge in [0.25, 0.3) is 5.91 Å². The van der Waals surface area contributed by atoms with Crippen molar-refractivity contribution in [2.24, 2.45) is 5.41 Å². The van der Waals surface area contributed by atoms with Crippen LogP contribution in [0.25, 0.3) is 0 Å². The first kappa shape index (κ1) is 15.9. The lowest BCUT2D eigenvalue weighted by Gasteiger charge is -2.33. The highest BCUT2D eigenvalue weighted by molar-refractivity contribution is 6.31. The number of rotatable bonds is 5. The minimum absolute atomic E-state index is 0.0943. The summed E-state index contributed by atoms with van der Waals surface area (Å²) in [6.07, 6.45) is 2.48. The molecule has 6 nitrogen and oxygen atoms in total. The van der Waals surface area contributed by atoms with Gasteiger partial charge in [-0.3, -0.25) is 9.59 Å². The second kappa shape index (κ2) is 6.49. The molecule has 0 unspecified atom stereocenters. The van der Waals surface area contributed by atoms with E-state index in [4.69, 9.17) is 16.3 Å². The molecule has 1 aromatic heterocycles. The molecule has 1 amide bonds. The lowest BCUT2D eigenvalue weighted by Crippen LogP contribution is -2.46. The highest BCUT2D eigenvalue weighted by atomic mass is 35.5. The van der Waals surface area contributed by atoms with E-state index < -0.39 is 11.4 Å². The molecule has 2 rings (SSSR count). The summed E-state index contributed by atoms with van der Waals surface area (Å²) >= 11 is 5.90. The van der Waals surface area contributed by atoms with Crippen LogP contribution in [0, 0.1) is 5.41 Å². The normalized spacial score (nSPS) is 17.4. The third-order valence-corrected chi connectivity index (χ3v) is 4.13. The topological polar surface area (TPSA) is 80.6 Å². The summed E-state index contributed by atoms with van der Waals surface area (Å²) < 4.78 is 6.94. The maximum absolute atomic E-state index is 12.2. The maximum atomic E-state index is 12.2. The van der Waals surface area contributed by atoms with Crippen LogP contribution in [0.3, 0.4) is 0 Å². The smallest absolute Gasteiger partial charge is 0.311 e. The standard InChI is InChI=1S/C14H19ClN2O4/c1-2-17-8-10(15)7-11(17)12(18)16-9-14(13(19)20)3-5-21-6-4-14/h7-8H,2-6,9H2,1H3,(H,16,18)(H,19,20). The van der Waals surface area contributed by atoms with Crippen LogP contribution in [0.15, 0.2) is 12.3 Å². The number of aryl methyl sites for hydroxylation is 1. The van der Waals surface area contributed by atoms with Crippen LogP contribution in [0.1, 0.15) is 30.3 Å². The molecular formula is C14H19ClN2O4. The Balaban J connectivity index is 2.06. The Hall–Kier alpha value is -1.53. The van der Waals surface area contributed by atoms with E-state index >= 15 is 0 Å². The summed E-state index contributed by atoms with van der Waals surface area (Å²) in [5.41, 5.74) is -0.503. The van der Waals surface area contributed by atoms with Gasteiger partial charge in [0.1, 0.15) is 5.69 Å². The number of nitrogens with one attached hydrogen (secondary N) is 1. The van der Waals surface area contributed by atoms with Crippen molar-refractivity contribution in [1.29, 1.82) is 0 Å². The number of hydrogen-bond donors (Lipinski definition) is 2. The fourth-order valence-corrected chi connectivity index (χ4v) is 2.72. The molecule has 2 N–H and O–H groups in total. The molecule has 0 aromatic carbocycles. The van der Waals surface area contributed by atoms with E-state index in [0.717, 1.165) is 0 Å². The van der Waals surface area contributed by atoms with E-state index in [2.05, 4.69) is 5.32 Å². The van der Waals surface area contributed by atoms with Crippen molar-refractivity contribution >= 4 is 23.5 Å². The molecule has 0 bridgehead atoms. The van der Waals surface area contributed by atoms with Gasteiger partial charge >= 0.3 is 5.97 Å². The van der Waals surface area contributed by atoms with Crippen molar-refractivity contribution < 1.29 is 19.4 Å². The van der Waals surface area contributed by atoms with E-state index in [1.165, 1.54) is 0 Å². The maximum Gasteiger partial charge on any atom is 0.311 e. The highest BCUT2D eigenvalue weighted by Gasteiger charge is 2.40. The number of aromatic nitrogens is 1. The van der Waals surface area contributed by atoms with Crippen LogP contribution >= 0.6 is 11.6 Å². The molecule has 1 fully saturated rings. The second-order valence-corrected chi connectivity index (χ2v) is 5.65. The van der Waals surface area contributed by atoms with Gasteiger partial charge in [-0.05, 0) is 25.8 Å². The van der Waals surface area contributed by atoms with Crippen molar-refractivity contribution in [1.82, 2.24) is 9.88 Å². The molecule has 1 aromatic rings. The Morgan fingerprint density at radius 3 is 2.71 bits per heavy atom. The van der Waals surface area contributed by atoms with Crippen LogP contribution < -0.4 is 5.32 Å². The van der Waals surface area contributed by atoms with Gasteiger partial charge in [-0.25, -0.2) is 0 Å². The average molecular weight is 315 g/mol. The number of hydrogen-bond acceptors (Lipinski definition) is 3. The third kappa shape index (κ3) is 3.39. The minimum Gasteiger partial charge on any atom is -0.481 e. The third-order valence-electron chi connectivity index (χ3n) is 3.93. The largest absolute Gasteiger partial charge is 0.481 e. The second-order valence-electron chi connectivity index (χ2n) is 5.21. The molecular weight excluding hydrogens is 296 g/mol. The number of nitrogens with zero attached hydrogens (tertiary/aromatic N) is 1. The van der Waals surface area contributed by atoms with Crippen molar-refractivity contribution in [3.05, 3.63) is 23.0 Å². The first-order valence-corrected chi connectivity index (χ1v) is 7.31. The summed E-state index contributed by atoms with van der Waals surface area (Å²) in [5.74, 6) is -1.20. The molecule has 21 heavy (non-hydrogen) atoms. The molecule has 7 heteroatoms. The number of aliphatic carboxylic acids is 1. The first-order valence-electron chi connectivity index (χ1n) is 6.93. The molecule has 1 aliphatic heterocycles. The van der Waals surface area contributed by atoms with E-state index in [1.807, 2.05) is 6.92 Å². The van der Waals surface area contributed by atoms with Crippen molar-refractivity contribution in [3.8, 4) is 0 Å². The fraction of sp³-hybridized carbons (Fsp3) is 0.571. The quantitative estimate of drug-likeness (QED) is 0.868. The number of halogens is 1. The molecule has 0 spiro atoms. The van der Waals surface area contributed by atoms with Gasteiger partial charge in [0, 0.05) is 32.5 Å². The van der Waals surface area contributed by atoms with Gasteiger partial charge in [0.05, 0.1) is 10.4 Å². The Labute approximate surface area is 128 Å². The van der Waals surface area contributed by atoms with Crippen LogP contribution in [0.4, 0.5) is 0 Å². The fourth-order valence-electron chi connectivity index (χ4n) is 2.50. The molecule has 0 aliphatic carbocycles. The lowest BCUT2D eigenvalue weighted by molar-refractivity contribution is -0.154. The van der Waals surface area contributed by atoms with E-state index in [-0.39, 0.29) is 12.5 Å². The van der Waals surface area contributed by atoms with Crippen LogP contribution in [-0.2, 0) is 16.1 Å². The monoisotopic (exact) mass is 314 g/mol. The molecule has 0 atom stereocenters. The molecule has 0 saturated carbocycles. The summed E-state index contributed by atoms with van der Waals surface area (Å²) in [7, 11) is 0. The number of carboxylic acid groups (broad SMARTS) is 1. The Kier molecular flexibility index (Phi) is 4.90. The summed E-state index contributed by atoms with van der Waals surface area (Å²) in [6.45, 7) is 3.42. The van der Waals surface area contributed by atoms with Crippen LogP contribution in [0.5, 0.6) is 0 Å². The molecule has 0 radical (unpaired) electrons. The molecule has 116 valence electrons. The van der Waals surface area contributed by atoms with Crippen molar-refractivity contribution in [2.45, 2.75) is 26.3 Å². The summed E-state index contributed by atoms with van der Waals surface area (Å²) in [6, 6.07) is 1.58. The van der Waals surface area contributed by atoms with Gasteiger partial charge < -0.3 is 19.7 Å². The molecule has 1 saturated heterocycles. The summed E-state index contributed by atoms with van der Waals surface area (Å²) in [5, 5.41) is 12.7. The molecule has 2 heterocycles. The Morgan fingerprint density at radius 1 is 1.48 bits per heavy atom.